The molecule has 1 saturated heterocycles. The van der Waals surface area contributed by atoms with Crippen molar-refractivity contribution in [2.24, 2.45) is 5.92 Å². The largest absolute Gasteiger partial charge is 0.471 e. The second-order valence-electron chi connectivity index (χ2n) is 4.19. The molecule has 0 aromatic carbocycles. The van der Waals surface area contributed by atoms with Gasteiger partial charge >= 0.3 is 18.1 Å². The van der Waals surface area contributed by atoms with E-state index in [9.17, 15) is 31.5 Å². The Balaban J connectivity index is 2.85. The highest BCUT2D eigenvalue weighted by atomic mass is 19.4. The summed E-state index contributed by atoms with van der Waals surface area (Å²) in [6.45, 7) is -0.695. The van der Waals surface area contributed by atoms with Gasteiger partial charge in [-0.05, 0) is 6.92 Å². The van der Waals surface area contributed by atoms with Gasteiger partial charge in [-0.1, -0.05) is 0 Å². The molecule has 1 rings (SSSR count). The maximum absolute atomic E-state index is 13.3. The number of rotatable bonds is 2. The molecular weight excluding hydrogens is 277 g/mol. The van der Waals surface area contributed by atoms with Crippen LogP contribution in [0.1, 0.15) is 13.3 Å². The lowest BCUT2D eigenvalue weighted by molar-refractivity contribution is -0.196. The van der Waals surface area contributed by atoms with Crippen LogP contribution >= 0.6 is 0 Å². The summed E-state index contributed by atoms with van der Waals surface area (Å²) in [4.78, 5) is 22.2. The fraction of sp³-hybridized carbons (Fsp3) is 0.800. The van der Waals surface area contributed by atoms with Gasteiger partial charge in [0.15, 0.2) is 0 Å². The highest BCUT2D eigenvalue weighted by molar-refractivity contribution is 5.83. The first-order valence-electron chi connectivity index (χ1n) is 5.47. The molecule has 110 valence electrons. The number of hydrogen-bond acceptors (Lipinski definition) is 3. The molecule has 1 atom stereocenters. The van der Waals surface area contributed by atoms with Crippen molar-refractivity contribution >= 4 is 11.9 Å². The summed E-state index contributed by atoms with van der Waals surface area (Å²) in [6.07, 6.45) is -6.17. The summed E-state index contributed by atoms with van der Waals surface area (Å²) in [5, 5.41) is 0. The fourth-order valence-electron chi connectivity index (χ4n) is 1.85. The molecule has 0 aromatic rings. The fourth-order valence-corrected chi connectivity index (χ4v) is 1.85. The van der Waals surface area contributed by atoms with E-state index in [1.807, 2.05) is 0 Å². The maximum atomic E-state index is 13.3. The van der Waals surface area contributed by atoms with Gasteiger partial charge in [0.2, 0.25) is 0 Å². The third-order valence-corrected chi connectivity index (χ3v) is 2.56. The average molecular weight is 289 g/mol. The molecular formula is C10H12F5NO3. The van der Waals surface area contributed by atoms with Crippen LogP contribution < -0.4 is 0 Å². The standard InChI is InChI=1S/C10H12F5NO3/c1-2-19-7(17)6-3-9(11,12)5-16(4-6)8(18)10(13,14)15/h6H,2-5H2,1H3. The first-order chi connectivity index (χ1) is 8.57. The number of hydrogen-bond donors (Lipinski definition) is 0. The maximum Gasteiger partial charge on any atom is 0.471 e. The van der Waals surface area contributed by atoms with Gasteiger partial charge in [-0.15, -0.1) is 0 Å². The predicted octanol–water partition coefficient (Wildman–Crippen LogP) is 1.60. The molecule has 1 heterocycles. The normalized spacial score (nSPS) is 23.1. The van der Waals surface area contributed by atoms with Gasteiger partial charge < -0.3 is 9.64 Å². The number of amides is 1. The molecule has 1 unspecified atom stereocenters. The zero-order valence-electron chi connectivity index (χ0n) is 9.97. The Morgan fingerprint density at radius 2 is 1.95 bits per heavy atom. The Labute approximate surface area is 105 Å². The first-order valence-corrected chi connectivity index (χ1v) is 5.47. The van der Waals surface area contributed by atoms with E-state index in [2.05, 4.69) is 4.74 Å². The topological polar surface area (TPSA) is 46.6 Å². The minimum atomic E-state index is -5.24. The molecule has 4 nitrogen and oxygen atoms in total. The summed E-state index contributed by atoms with van der Waals surface area (Å²) >= 11 is 0. The number of esters is 1. The van der Waals surface area contributed by atoms with Crippen molar-refractivity contribution in [1.29, 1.82) is 0 Å². The van der Waals surface area contributed by atoms with Crippen molar-refractivity contribution in [1.82, 2.24) is 4.90 Å². The molecule has 1 aliphatic rings. The molecule has 0 spiro atoms. The Kier molecular flexibility index (Phi) is 4.36. The van der Waals surface area contributed by atoms with Crippen molar-refractivity contribution in [3.05, 3.63) is 0 Å². The number of carbonyl (C=O) groups is 2. The van der Waals surface area contributed by atoms with Crippen molar-refractivity contribution in [2.75, 3.05) is 19.7 Å². The van der Waals surface area contributed by atoms with Gasteiger partial charge in [0.25, 0.3) is 5.92 Å². The third-order valence-electron chi connectivity index (χ3n) is 2.56. The Bertz CT molecular complexity index is 369. The van der Waals surface area contributed by atoms with Crippen LogP contribution in [0.15, 0.2) is 0 Å². The molecule has 0 radical (unpaired) electrons. The molecule has 0 aliphatic carbocycles. The monoisotopic (exact) mass is 289 g/mol. The number of piperidine rings is 1. The third kappa shape index (κ3) is 4.03. The highest BCUT2D eigenvalue weighted by Gasteiger charge is 2.51. The zero-order valence-corrected chi connectivity index (χ0v) is 9.97. The van der Waals surface area contributed by atoms with Crippen molar-refractivity contribution in [3.63, 3.8) is 0 Å². The number of alkyl halides is 5. The second-order valence-corrected chi connectivity index (χ2v) is 4.19. The number of ether oxygens (including phenoxy) is 1. The summed E-state index contributed by atoms with van der Waals surface area (Å²) in [6, 6.07) is 0. The first kappa shape index (κ1) is 15.6. The summed E-state index contributed by atoms with van der Waals surface area (Å²) in [5.41, 5.74) is 0. The number of likely N-dealkylation sites (tertiary alicyclic amines) is 1. The molecule has 0 saturated carbocycles. The van der Waals surface area contributed by atoms with Gasteiger partial charge in [0.05, 0.1) is 19.1 Å². The van der Waals surface area contributed by atoms with Crippen LogP contribution in [-0.4, -0.2) is 48.6 Å². The molecule has 0 N–H and O–H groups in total. The Morgan fingerprint density at radius 1 is 1.37 bits per heavy atom. The van der Waals surface area contributed by atoms with E-state index in [0.29, 0.717) is 0 Å². The van der Waals surface area contributed by atoms with Crippen LogP contribution in [0.3, 0.4) is 0 Å². The summed E-state index contributed by atoms with van der Waals surface area (Å²) < 4.78 is 67.7. The van der Waals surface area contributed by atoms with Gasteiger partial charge in [-0.25, -0.2) is 8.78 Å². The van der Waals surface area contributed by atoms with E-state index in [-0.39, 0.29) is 11.5 Å². The lowest BCUT2D eigenvalue weighted by atomic mass is 9.95. The van der Waals surface area contributed by atoms with E-state index < -0.39 is 49.4 Å². The minimum Gasteiger partial charge on any atom is -0.466 e. The van der Waals surface area contributed by atoms with Crippen LogP contribution in [0.4, 0.5) is 22.0 Å². The van der Waals surface area contributed by atoms with E-state index >= 15 is 0 Å². The molecule has 0 bridgehead atoms. The molecule has 1 fully saturated rings. The lowest BCUT2D eigenvalue weighted by Crippen LogP contribution is -2.54. The van der Waals surface area contributed by atoms with Crippen LogP contribution in [0.25, 0.3) is 0 Å². The van der Waals surface area contributed by atoms with Crippen LogP contribution in [0, 0.1) is 5.92 Å². The van der Waals surface area contributed by atoms with Crippen LogP contribution in [0.5, 0.6) is 0 Å². The van der Waals surface area contributed by atoms with Gasteiger partial charge in [-0.2, -0.15) is 13.2 Å². The van der Waals surface area contributed by atoms with E-state index in [1.165, 1.54) is 6.92 Å². The van der Waals surface area contributed by atoms with Crippen molar-refractivity contribution < 1.29 is 36.3 Å². The molecule has 0 aromatic heterocycles. The van der Waals surface area contributed by atoms with Gasteiger partial charge in [0, 0.05) is 13.0 Å². The zero-order chi connectivity index (χ0) is 14.8. The lowest BCUT2D eigenvalue weighted by Gasteiger charge is -2.36. The van der Waals surface area contributed by atoms with Crippen LogP contribution in [0.2, 0.25) is 0 Å². The second kappa shape index (κ2) is 5.30. The molecule has 9 heteroatoms. The smallest absolute Gasteiger partial charge is 0.466 e. The molecule has 1 amide bonds. The minimum absolute atomic E-state index is 0.0505. The number of carbonyl (C=O) groups excluding carboxylic acids is 2. The van der Waals surface area contributed by atoms with Crippen molar-refractivity contribution in [3.8, 4) is 0 Å². The predicted molar refractivity (Wildman–Crippen MR) is 52.3 cm³/mol. The van der Waals surface area contributed by atoms with Crippen molar-refractivity contribution in [2.45, 2.75) is 25.4 Å². The molecule has 1 aliphatic heterocycles. The molecule has 19 heavy (non-hydrogen) atoms. The van der Waals surface area contributed by atoms with E-state index in [4.69, 9.17) is 0 Å². The van der Waals surface area contributed by atoms with Gasteiger partial charge in [0.1, 0.15) is 0 Å². The Hall–Kier alpha value is -1.41. The SMILES string of the molecule is CCOC(=O)C1CN(C(=O)C(F)(F)F)CC(F)(F)C1. The number of nitrogens with zero attached hydrogens (tertiary/aromatic N) is 1. The summed E-state index contributed by atoms with van der Waals surface area (Å²) in [7, 11) is 0. The highest BCUT2D eigenvalue weighted by Crippen LogP contribution is 2.33. The van der Waals surface area contributed by atoms with Gasteiger partial charge in [-0.3, -0.25) is 9.59 Å². The average Bonchev–Trinajstić information content (AvgIpc) is 2.24. The quantitative estimate of drug-likeness (QED) is 0.573. The van der Waals surface area contributed by atoms with Crippen LogP contribution in [-0.2, 0) is 14.3 Å². The van der Waals surface area contributed by atoms with E-state index in [0.717, 1.165) is 0 Å². The number of halogens is 5. The Morgan fingerprint density at radius 3 is 2.42 bits per heavy atom. The van der Waals surface area contributed by atoms with E-state index in [1.54, 1.807) is 0 Å². The summed E-state index contributed by atoms with van der Waals surface area (Å²) in [5.74, 6) is -8.39.